The standard InChI is InChI=1S/C13H20O6/c1-8(12(14)18-6-10-4-16-10)3-9(2)13(15)19-7-11-5-17-11/h8-11H,3-7H2,1-2H3. The number of carbonyl (C=O) groups excluding carboxylic acids is 2. The van der Waals surface area contributed by atoms with Crippen molar-refractivity contribution in [3.8, 4) is 0 Å². The summed E-state index contributed by atoms with van der Waals surface area (Å²) in [7, 11) is 0. The average Bonchev–Trinajstić information content (AvgIpc) is 3.27. The van der Waals surface area contributed by atoms with E-state index in [1.54, 1.807) is 13.8 Å². The summed E-state index contributed by atoms with van der Waals surface area (Å²) in [6.45, 7) is 5.44. The number of epoxide rings is 2. The Morgan fingerprint density at radius 3 is 1.68 bits per heavy atom. The molecule has 2 aliphatic rings. The van der Waals surface area contributed by atoms with Gasteiger partial charge in [-0.1, -0.05) is 13.8 Å². The van der Waals surface area contributed by atoms with Crippen LogP contribution in [0.1, 0.15) is 20.3 Å². The molecule has 0 spiro atoms. The first kappa shape index (κ1) is 14.3. The van der Waals surface area contributed by atoms with Crippen LogP contribution >= 0.6 is 0 Å². The first-order valence-electron chi connectivity index (χ1n) is 6.62. The van der Waals surface area contributed by atoms with Gasteiger partial charge in [0.1, 0.15) is 25.4 Å². The Bertz CT molecular complexity index is 302. The lowest BCUT2D eigenvalue weighted by molar-refractivity contribution is -0.152. The fraction of sp³-hybridized carbons (Fsp3) is 0.846. The van der Waals surface area contributed by atoms with Crippen LogP contribution in [0.3, 0.4) is 0 Å². The Balaban J connectivity index is 1.62. The molecule has 0 saturated carbocycles. The lowest BCUT2D eigenvalue weighted by atomic mass is 9.97. The second-order valence-corrected chi connectivity index (χ2v) is 5.21. The van der Waals surface area contributed by atoms with Crippen LogP contribution < -0.4 is 0 Å². The molecule has 2 aliphatic heterocycles. The summed E-state index contributed by atoms with van der Waals surface area (Å²) in [5.74, 6) is -1.22. The summed E-state index contributed by atoms with van der Waals surface area (Å²) in [5.41, 5.74) is 0. The van der Waals surface area contributed by atoms with Gasteiger partial charge < -0.3 is 18.9 Å². The van der Waals surface area contributed by atoms with E-state index in [4.69, 9.17) is 18.9 Å². The maximum atomic E-state index is 11.7. The van der Waals surface area contributed by atoms with Crippen molar-refractivity contribution in [3.63, 3.8) is 0 Å². The molecule has 6 heteroatoms. The monoisotopic (exact) mass is 272 g/mol. The smallest absolute Gasteiger partial charge is 0.308 e. The molecule has 2 heterocycles. The highest BCUT2D eigenvalue weighted by atomic mass is 16.6. The fourth-order valence-electron chi connectivity index (χ4n) is 1.69. The van der Waals surface area contributed by atoms with Crippen molar-refractivity contribution in [2.24, 2.45) is 11.8 Å². The van der Waals surface area contributed by atoms with Gasteiger partial charge in [-0.25, -0.2) is 0 Å². The summed E-state index contributed by atoms with van der Waals surface area (Å²) in [6.07, 6.45) is 0.559. The molecule has 0 aromatic rings. The van der Waals surface area contributed by atoms with Crippen LogP contribution in [0.5, 0.6) is 0 Å². The molecule has 2 rings (SSSR count). The third-order valence-electron chi connectivity index (χ3n) is 3.14. The van der Waals surface area contributed by atoms with Crippen molar-refractivity contribution in [3.05, 3.63) is 0 Å². The predicted molar refractivity (Wildman–Crippen MR) is 64.3 cm³/mol. The van der Waals surface area contributed by atoms with Gasteiger partial charge in [-0.2, -0.15) is 0 Å². The Labute approximate surface area is 112 Å². The number of hydrogen-bond acceptors (Lipinski definition) is 6. The van der Waals surface area contributed by atoms with Crippen LogP contribution in [0.4, 0.5) is 0 Å². The van der Waals surface area contributed by atoms with Gasteiger partial charge in [-0.15, -0.1) is 0 Å². The first-order chi connectivity index (χ1) is 9.06. The fourth-order valence-corrected chi connectivity index (χ4v) is 1.69. The van der Waals surface area contributed by atoms with Gasteiger partial charge in [-0.3, -0.25) is 9.59 Å². The van der Waals surface area contributed by atoms with E-state index in [1.807, 2.05) is 0 Å². The van der Waals surface area contributed by atoms with Crippen LogP contribution in [0.25, 0.3) is 0 Å². The molecule has 108 valence electrons. The molecule has 0 amide bonds. The van der Waals surface area contributed by atoms with Gasteiger partial charge in [-0.05, 0) is 6.42 Å². The van der Waals surface area contributed by atoms with Crippen LogP contribution in [-0.4, -0.2) is 50.6 Å². The molecule has 4 atom stereocenters. The number of hydrogen-bond donors (Lipinski definition) is 0. The summed E-state index contributed by atoms with van der Waals surface area (Å²) < 4.78 is 20.1. The third-order valence-corrected chi connectivity index (χ3v) is 3.14. The summed E-state index contributed by atoms with van der Waals surface area (Å²) in [6, 6.07) is 0. The molecule has 19 heavy (non-hydrogen) atoms. The van der Waals surface area contributed by atoms with Crippen LogP contribution in [-0.2, 0) is 28.5 Å². The zero-order chi connectivity index (χ0) is 13.8. The molecule has 0 aromatic heterocycles. The summed E-state index contributed by atoms with van der Waals surface area (Å²) >= 11 is 0. The second-order valence-electron chi connectivity index (χ2n) is 5.21. The molecule has 2 saturated heterocycles. The number of ether oxygens (including phenoxy) is 4. The van der Waals surface area contributed by atoms with E-state index in [-0.39, 0.29) is 36.0 Å². The highest BCUT2D eigenvalue weighted by Gasteiger charge is 2.29. The van der Waals surface area contributed by atoms with Crippen LogP contribution in [0.15, 0.2) is 0 Å². The lowest BCUT2D eigenvalue weighted by Crippen LogP contribution is -2.24. The molecular weight excluding hydrogens is 252 g/mol. The average molecular weight is 272 g/mol. The molecule has 0 radical (unpaired) electrons. The minimum atomic E-state index is -0.321. The normalized spacial score (nSPS) is 27.3. The van der Waals surface area contributed by atoms with Gasteiger partial charge in [0.15, 0.2) is 0 Å². The van der Waals surface area contributed by atoms with E-state index in [2.05, 4.69) is 0 Å². The molecule has 6 nitrogen and oxygen atoms in total. The van der Waals surface area contributed by atoms with Crippen molar-refractivity contribution in [2.45, 2.75) is 32.5 Å². The maximum absolute atomic E-state index is 11.7. The molecule has 0 aromatic carbocycles. The van der Waals surface area contributed by atoms with Gasteiger partial charge in [0.05, 0.1) is 25.0 Å². The second kappa shape index (κ2) is 6.34. The first-order valence-corrected chi connectivity index (χ1v) is 6.62. The van der Waals surface area contributed by atoms with Crippen molar-refractivity contribution in [1.82, 2.24) is 0 Å². The topological polar surface area (TPSA) is 77.7 Å². The highest BCUT2D eigenvalue weighted by Crippen LogP contribution is 2.17. The van der Waals surface area contributed by atoms with E-state index in [1.165, 1.54) is 0 Å². The maximum Gasteiger partial charge on any atom is 0.308 e. The van der Waals surface area contributed by atoms with Gasteiger partial charge in [0.2, 0.25) is 0 Å². The number of esters is 2. The molecule has 0 bridgehead atoms. The molecular formula is C13H20O6. The van der Waals surface area contributed by atoms with E-state index >= 15 is 0 Å². The van der Waals surface area contributed by atoms with Crippen molar-refractivity contribution in [2.75, 3.05) is 26.4 Å². The minimum Gasteiger partial charge on any atom is -0.463 e. The summed E-state index contributed by atoms with van der Waals surface area (Å²) in [4.78, 5) is 23.3. The Hall–Kier alpha value is -1.14. The zero-order valence-corrected chi connectivity index (χ0v) is 11.3. The van der Waals surface area contributed by atoms with Crippen LogP contribution in [0, 0.1) is 11.8 Å². The largest absolute Gasteiger partial charge is 0.463 e. The molecule has 0 N–H and O–H groups in total. The predicted octanol–water partition coefficient (Wildman–Crippen LogP) is 0.533. The van der Waals surface area contributed by atoms with Crippen molar-refractivity contribution >= 4 is 11.9 Å². The van der Waals surface area contributed by atoms with E-state index in [0.717, 1.165) is 0 Å². The van der Waals surface area contributed by atoms with Crippen LogP contribution in [0.2, 0.25) is 0 Å². The lowest BCUT2D eigenvalue weighted by Gasteiger charge is -2.15. The van der Waals surface area contributed by atoms with E-state index in [0.29, 0.717) is 32.8 Å². The highest BCUT2D eigenvalue weighted by molar-refractivity contribution is 5.75. The quantitative estimate of drug-likeness (QED) is 0.474. The van der Waals surface area contributed by atoms with Gasteiger partial charge in [0.25, 0.3) is 0 Å². The van der Waals surface area contributed by atoms with Gasteiger partial charge >= 0.3 is 11.9 Å². The Morgan fingerprint density at radius 1 is 1.00 bits per heavy atom. The Kier molecular flexibility index (Phi) is 4.76. The van der Waals surface area contributed by atoms with Crippen molar-refractivity contribution < 1.29 is 28.5 Å². The van der Waals surface area contributed by atoms with Gasteiger partial charge in [0, 0.05) is 0 Å². The van der Waals surface area contributed by atoms with E-state index < -0.39 is 0 Å². The molecule has 0 aliphatic carbocycles. The third kappa shape index (κ3) is 5.16. The zero-order valence-electron chi connectivity index (χ0n) is 11.3. The summed E-state index contributed by atoms with van der Waals surface area (Å²) in [5, 5.41) is 0. The SMILES string of the molecule is CC(CC(C)C(=O)OCC1CO1)C(=O)OCC1CO1. The van der Waals surface area contributed by atoms with E-state index in [9.17, 15) is 9.59 Å². The Morgan fingerprint density at radius 2 is 1.37 bits per heavy atom. The molecule has 4 unspecified atom stereocenters. The van der Waals surface area contributed by atoms with Crippen molar-refractivity contribution in [1.29, 1.82) is 0 Å². The number of rotatable bonds is 8. The number of carbonyl (C=O) groups is 2. The minimum absolute atomic E-state index is 0.0667. The molecule has 2 fully saturated rings.